The van der Waals surface area contributed by atoms with Crippen molar-refractivity contribution in [1.82, 2.24) is 15.5 Å². The van der Waals surface area contributed by atoms with E-state index in [4.69, 9.17) is 4.74 Å². The molecule has 2 atom stereocenters. The number of carbonyl (C=O) groups is 2. The Morgan fingerprint density at radius 1 is 1.28 bits per heavy atom. The van der Waals surface area contributed by atoms with Gasteiger partial charge in [0, 0.05) is 30.1 Å². The van der Waals surface area contributed by atoms with Gasteiger partial charge in [-0.15, -0.1) is 0 Å². The van der Waals surface area contributed by atoms with Crippen LogP contribution in [0.25, 0.3) is 0 Å². The van der Waals surface area contributed by atoms with E-state index in [1.165, 1.54) is 0 Å². The summed E-state index contributed by atoms with van der Waals surface area (Å²) in [4.78, 5) is 23.6. The molecule has 8 heteroatoms. The van der Waals surface area contributed by atoms with Crippen molar-refractivity contribution >= 4 is 29.2 Å². The lowest BCUT2D eigenvalue weighted by atomic mass is 10.0. The summed E-state index contributed by atoms with van der Waals surface area (Å²) in [6.45, 7) is 3.82. The number of aryl methyl sites for hydroxylation is 1. The molecular formula is C21H27N5O3. The van der Waals surface area contributed by atoms with Crippen LogP contribution in [0.2, 0.25) is 0 Å². The zero-order valence-corrected chi connectivity index (χ0v) is 16.7. The van der Waals surface area contributed by atoms with Gasteiger partial charge in [0.05, 0.1) is 11.4 Å². The third-order valence-electron chi connectivity index (χ3n) is 5.40. The van der Waals surface area contributed by atoms with Gasteiger partial charge in [-0.1, -0.05) is 12.1 Å². The molecule has 0 saturated heterocycles. The molecule has 2 aromatic rings. The first-order valence-electron chi connectivity index (χ1n) is 10.2. The number of nitrogens with one attached hydrogen (secondary N) is 4. The third-order valence-corrected chi connectivity index (χ3v) is 5.40. The zero-order valence-electron chi connectivity index (χ0n) is 16.7. The molecule has 154 valence electrons. The number of carbonyl (C=O) groups excluding carboxylic acids is 2. The predicted octanol–water partition coefficient (Wildman–Crippen LogP) is 3.81. The summed E-state index contributed by atoms with van der Waals surface area (Å²) in [6, 6.07) is 8.00. The Morgan fingerprint density at radius 3 is 2.97 bits per heavy atom. The maximum absolute atomic E-state index is 11.8. The van der Waals surface area contributed by atoms with E-state index in [1.807, 2.05) is 38.1 Å². The Bertz CT molecular complexity index is 907. The van der Waals surface area contributed by atoms with Gasteiger partial charge < -0.3 is 20.7 Å². The number of para-hydroxylation sites is 1. The fraction of sp³-hybridized carbons (Fsp3) is 0.476. The second kappa shape index (κ2) is 8.14. The lowest BCUT2D eigenvalue weighted by Crippen LogP contribution is -2.33. The summed E-state index contributed by atoms with van der Waals surface area (Å²) in [7, 11) is 0. The molecule has 4 N–H and O–H groups in total. The smallest absolute Gasteiger partial charge is 0.407 e. The van der Waals surface area contributed by atoms with Gasteiger partial charge in [0.2, 0.25) is 5.91 Å². The van der Waals surface area contributed by atoms with Crippen LogP contribution in [0.15, 0.2) is 24.3 Å². The Balaban J connectivity index is 1.39. The van der Waals surface area contributed by atoms with Crippen molar-refractivity contribution in [3.05, 3.63) is 35.5 Å². The zero-order chi connectivity index (χ0) is 20.4. The summed E-state index contributed by atoms with van der Waals surface area (Å²) in [5, 5.41) is 16.5. The average Bonchev–Trinajstić information content (AvgIpc) is 3.31. The molecule has 0 unspecified atom stereocenters. The van der Waals surface area contributed by atoms with Crippen molar-refractivity contribution in [3.8, 4) is 0 Å². The molecule has 8 nitrogen and oxygen atoms in total. The molecule has 0 spiro atoms. The molecule has 1 aliphatic heterocycles. The van der Waals surface area contributed by atoms with Gasteiger partial charge >= 0.3 is 6.09 Å². The minimum atomic E-state index is -0.353. The highest BCUT2D eigenvalue weighted by Gasteiger charge is 2.30. The average molecular weight is 397 g/mol. The molecule has 4 rings (SSSR count). The van der Waals surface area contributed by atoms with Gasteiger partial charge in [-0.05, 0) is 51.2 Å². The quantitative estimate of drug-likeness (QED) is 0.614. The monoisotopic (exact) mass is 397 g/mol. The number of rotatable bonds is 5. The van der Waals surface area contributed by atoms with E-state index in [9.17, 15) is 9.59 Å². The number of anilines is 3. The number of hydrogen-bond acceptors (Lipinski definition) is 5. The number of hydrogen-bond donors (Lipinski definition) is 4. The van der Waals surface area contributed by atoms with Crippen LogP contribution in [-0.4, -0.2) is 34.3 Å². The molecule has 2 amide bonds. The highest BCUT2D eigenvalue weighted by molar-refractivity contribution is 5.98. The molecule has 1 aromatic carbocycles. The molecular weight excluding hydrogens is 370 g/mol. The predicted molar refractivity (Wildman–Crippen MR) is 110 cm³/mol. The van der Waals surface area contributed by atoms with Crippen molar-refractivity contribution in [2.24, 2.45) is 0 Å². The van der Waals surface area contributed by atoms with E-state index in [1.54, 1.807) is 0 Å². The topological polar surface area (TPSA) is 108 Å². The maximum atomic E-state index is 11.8. The van der Waals surface area contributed by atoms with Crippen molar-refractivity contribution in [2.45, 2.75) is 64.0 Å². The number of H-pyrrole nitrogens is 1. The number of alkyl carbamates (subject to hydrolysis) is 1. The molecule has 0 radical (unpaired) electrons. The van der Waals surface area contributed by atoms with E-state index in [0.717, 1.165) is 48.3 Å². The first kappa shape index (κ1) is 19.3. The van der Waals surface area contributed by atoms with E-state index in [0.29, 0.717) is 12.2 Å². The largest absolute Gasteiger partial charge is 0.446 e. The molecule has 1 fully saturated rings. The summed E-state index contributed by atoms with van der Waals surface area (Å²) in [5.41, 5.74) is 3.82. The molecule has 2 heterocycles. The standard InChI is InChI=1S/C21H27N5O3/c1-12(2)22-21(28)29-15-8-6-14(10-15)17-11-18(26-25-17)23-16-5-3-4-13-7-9-19(27)24-20(13)16/h3-5,11-12,14-15H,6-10H2,1-2H3,(H,22,28)(H,24,27)(H2,23,25,26)/t14-,15+/m0/s1. The fourth-order valence-electron chi connectivity index (χ4n) is 4.01. The minimum absolute atomic E-state index is 0.0352. The number of amides is 2. The molecule has 1 saturated carbocycles. The van der Waals surface area contributed by atoms with Gasteiger partial charge in [-0.2, -0.15) is 5.10 Å². The van der Waals surface area contributed by atoms with Crippen LogP contribution in [0, 0.1) is 0 Å². The molecule has 2 aliphatic rings. The minimum Gasteiger partial charge on any atom is -0.446 e. The first-order valence-corrected chi connectivity index (χ1v) is 10.2. The highest BCUT2D eigenvalue weighted by Crippen LogP contribution is 2.37. The van der Waals surface area contributed by atoms with E-state index < -0.39 is 0 Å². The molecule has 29 heavy (non-hydrogen) atoms. The van der Waals surface area contributed by atoms with Gasteiger partial charge in [0.15, 0.2) is 5.82 Å². The second-order valence-electron chi connectivity index (χ2n) is 8.06. The van der Waals surface area contributed by atoms with Crippen LogP contribution in [0.5, 0.6) is 0 Å². The normalized spacial score (nSPS) is 20.9. The Labute approximate surface area is 169 Å². The van der Waals surface area contributed by atoms with Crippen molar-refractivity contribution in [1.29, 1.82) is 0 Å². The van der Waals surface area contributed by atoms with Crippen LogP contribution in [0.3, 0.4) is 0 Å². The number of nitrogens with zero attached hydrogens (tertiary/aromatic N) is 1. The fourth-order valence-corrected chi connectivity index (χ4v) is 4.01. The van der Waals surface area contributed by atoms with Crippen molar-refractivity contribution in [2.75, 3.05) is 10.6 Å². The number of benzene rings is 1. The van der Waals surface area contributed by atoms with Crippen molar-refractivity contribution < 1.29 is 14.3 Å². The Hall–Kier alpha value is -3.03. The maximum Gasteiger partial charge on any atom is 0.407 e. The first-order chi connectivity index (χ1) is 14.0. The summed E-state index contributed by atoms with van der Waals surface area (Å²) in [6.07, 6.45) is 3.40. The van der Waals surface area contributed by atoms with Gasteiger partial charge in [0.25, 0.3) is 0 Å². The lowest BCUT2D eigenvalue weighted by molar-refractivity contribution is -0.116. The van der Waals surface area contributed by atoms with Crippen LogP contribution in [0.4, 0.5) is 22.0 Å². The SMILES string of the molecule is CC(C)NC(=O)O[C@@H]1CC[C@H](c2cc(Nc3cccc4c3NC(=O)CC4)n[nH]2)C1. The van der Waals surface area contributed by atoms with Gasteiger partial charge in [-0.3, -0.25) is 9.89 Å². The summed E-state index contributed by atoms with van der Waals surface area (Å²) >= 11 is 0. The van der Waals surface area contributed by atoms with Crippen LogP contribution >= 0.6 is 0 Å². The number of aromatic nitrogens is 2. The molecule has 1 aromatic heterocycles. The number of ether oxygens (including phenoxy) is 1. The van der Waals surface area contributed by atoms with E-state index in [2.05, 4.69) is 26.1 Å². The van der Waals surface area contributed by atoms with Crippen LogP contribution < -0.4 is 16.0 Å². The second-order valence-corrected chi connectivity index (χ2v) is 8.06. The Kier molecular flexibility index (Phi) is 5.42. The van der Waals surface area contributed by atoms with Crippen molar-refractivity contribution in [3.63, 3.8) is 0 Å². The summed E-state index contributed by atoms with van der Waals surface area (Å²) < 4.78 is 5.51. The van der Waals surface area contributed by atoms with E-state index >= 15 is 0 Å². The summed E-state index contributed by atoms with van der Waals surface area (Å²) in [5.74, 6) is 1.02. The molecule has 1 aliphatic carbocycles. The van der Waals surface area contributed by atoms with Gasteiger partial charge in [0.1, 0.15) is 6.10 Å². The Morgan fingerprint density at radius 2 is 2.14 bits per heavy atom. The van der Waals surface area contributed by atoms with Crippen LogP contribution in [0.1, 0.15) is 56.7 Å². The highest BCUT2D eigenvalue weighted by atomic mass is 16.6. The molecule has 0 bridgehead atoms. The van der Waals surface area contributed by atoms with Gasteiger partial charge in [-0.25, -0.2) is 4.79 Å². The lowest BCUT2D eigenvalue weighted by Gasteiger charge is -2.20. The number of aromatic amines is 1. The van der Waals surface area contributed by atoms with E-state index in [-0.39, 0.29) is 30.1 Å². The number of fused-ring (bicyclic) bond motifs is 1. The van der Waals surface area contributed by atoms with Crippen LogP contribution in [-0.2, 0) is 16.0 Å². The third kappa shape index (κ3) is 4.52.